The van der Waals surface area contributed by atoms with Crippen LogP contribution in [0.25, 0.3) is 5.57 Å². The third-order valence-electron chi connectivity index (χ3n) is 4.18. The molecule has 0 radical (unpaired) electrons. The van der Waals surface area contributed by atoms with Crippen molar-refractivity contribution in [2.75, 3.05) is 5.75 Å². The number of nitrogens with one attached hydrogen (secondary N) is 1. The largest absolute Gasteiger partial charge is 0.303 e. The predicted molar refractivity (Wildman–Crippen MR) is 90.6 cm³/mol. The fourth-order valence-corrected chi connectivity index (χ4v) is 3.87. The Bertz CT molecular complexity index is 734. The second-order valence-corrected chi connectivity index (χ2v) is 6.52. The number of amidine groups is 1. The van der Waals surface area contributed by atoms with Crippen LogP contribution in [0.4, 0.5) is 0 Å². The van der Waals surface area contributed by atoms with E-state index in [0.29, 0.717) is 22.8 Å². The lowest BCUT2D eigenvalue weighted by atomic mass is 9.92. The quantitative estimate of drug-likeness (QED) is 0.530. The van der Waals surface area contributed by atoms with Crippen LogP contribution >= 0.6 is 11.8 Å². The van der Waals surface area contributed by atoms with E-state index in [-0.39, 0.29) is 5.91 Å². The minimum absolute atomic E-state index is 0.00834. The van der Waals surface area contributed by atoms with Gasteiger partial charge in [0.1, 0.15) is 0 Å². The molecule has 0 saturated carbocycles. The van der Waals surface area contributed by atoms with Crippen LogP contribution in [0.5, 0.6) is 0 Å². The van der Waals surface area contributed by atoms with Crippen molar-refractivity contribution in [1.82, 2.24) is 5.32 Å². The van der Waals surface area contributed by atoms with Crippen LogP contribution in [-0.2, 0) is 4.79 Å². The highest BCUT2D eigenvalue weighted by molar-refractivity contribution is 8.15. The number of allylic oxidation sites excluding steroid dienone is 4. The van der Waals surface area contributed by atoms with Gasteiger partial charge >= 0.3 is 0 Å². The lowest BCUT2D eigenvalue weighted by Gasteiger charge is -2.13. The zero-order chi connectivity index (χ0) is 14.9. The summed E-state index contributed by atoms with van der Waals surface area (Å²) in [7, 11) is 0. The number of fused-ring (bicyclic) bond motifs is 2. The number of benzene rings is 1. The van der Waals surface area contributed by atoms with Crippen molar-refractivity contribution in [3.05, 3.63) is 53.6 Å². The van der Waals surface area contributed by atoms with Crippen molar-refractivity contribution in [3.63, 3.8) is 0 Å². The Kier molecular flexibility index (Phi) is 3.42. The Labute approximate surface area is 133 Å². The van der Waals surface area contributed by atoms with E-state index in [1.165, 1.54) is 28.5 Å². The molecule has 0 spiro atoms. The van der Waals surface area contributed by atoms with Crippen molar-refractivity contribution in [1.29, 1.82) is 0 Å². The second kappa shape index (κ2) is 5.57. The fraction of sp³-hybridized carbons (Fsp3) is 0.235. The molecule has 110 valence electrons. The molecule has 2 aliphatic carbocycles. The fourth-order valence-electron chi connectivity index (χ4n) is 3.24. The van der Waals surface area contributed by atoms with Gasteiger partial charge in [-0.2, -0.15) is 5.10 Å². The van der Waals surface area contributed by atoms with Crippen LogP contribution in [0.3, 0.4) is 0 Å². The molecule has 1 aromatic rings. The Balaban J connectivity index is 1.63. The summed E-state index contributed by atoms with van der Waals surface area (Å²) >= 11 is 1.39. The molecule has 4 nitrogen and oxygen atoms in total. The highest BCUT2D eigenvalue weighted by atomic mass is 32.2. The van der Waals surface area contributed by atoms with Crippen molar-refractivity contribution in [3.8, 4) is 0 Å². The van der Waals surface area contributed by atoms with Crippen LogP contribution in [-0.4, -0.2) is 23.0 Å². The third-order valence-corrected chi connectivity index (χ3v) is 5.05. The van der Waals surface area contributed by atoms with Gasteiger partial charge in [-0.15, -0.1) is 5.10 Å². The smallest absolute Gasteiger partial charge is 0.236 e. The van der Waals surface area contributed by atoms with Gasteiger partial charge in [0.15, 0.2) is 5.17 Å². The monoisotopic (exact) mass is 309 g/mol. The molecule has 1 N–H and O–H groups in total. The van der Waals surface area contributed by atoms with Gasteiger partial charge in [0, 0.05) is 11.8 Å². The molecule has 1 aromatic carbocycles. The summed E-state index contributed by atoms with van der Waals surface area (Å²) in [6, 6.07) is 10.5. The first-order valence-corrected chi connectivity index (χ1v) is 8.31. The maximum absolute atomic E-state index is 11.1. The van der Waals surface area contributed by atoms with Crippen molar-refractivity contribution in [2.24, 2.45) is 22.0 Å². The highest BCUT2D eigenvalue weighted by Crippen LogP contribution is 2.47. The van der Waals surface area contributed by atoms with Crippen molar-refractivity contribution < 1.29 is 4.79 Å². The molecule has 2 atom stereocenters. The number of rotatable bonds is 3. The summed E-state index contributed by atoms with van der Waals surface area (Å²) in [5.74, 6) is 1.35. The maximum Gasteiger partial charge on any atom is 0.236 e. The number of nitrogens with zero attached hydrogens (tertiary/aromatic N) is 2. The Morgan fingerprint density at radius 1 is 1.18 bits per heavy atom. The molecule has 5 heteroatoms. The normalized spacial score (nSPS) is 28.4. The molecule has 22 heavy (non-hydrogen) atoms. The number of carbonyl (C=O) groups excluding carboxylic acids is 1. The SMILES string of the molecule is O=C1CS/C(=N/N=C\C2=C(c3ccccc3)[C@@H]3C=C[C@@H]2C3)N1. The number of amides is 1. The van der Waals surface area contributed by atoms with Gasteiger partial charge in [-0.1, -0.05) is 54.2 Å². The van der Waals surface area contributed by atoms with E-state index in [2.05, 4.69) is 51.9 Å². The van der Waals surface area contributed by atoms with E-state index in [0.717, 1.165) is 6.42 Å². The van der Waals surface area contributed by atoms with Gasteiger partial charge < -0.3 is 5.32 Å². The first-order valence-electron chi connectivity index (χ1n) is 7.33. The molecule has 1 aliphatic heterocycles. The molecular weight excluding hydrogens is 294 g/mol. The van der Waals surface area contributed by atoms with E-state index < -0.39 is 0 Å². The van der Waals surface area contributed by atoms with Gasteiger partial charge in [0.05, 0.1) is 12.0 Å². The Morgan fingerprint density at radius 2 is 2.00 bits per heavy atom. The summed E-state index contributed by atoms with van der Waals surface area (Å²) < 4.78 is 0. The first-order chi connectivity index (χ1) is 10.8. The second-order valence-electron chi connectivity index (χ2n) is 5.56. The highest BCUT2D eigenvalue weighted by Gasteiger charge is 2.34. The van der Waals surface area contributed by atoms with Crippen LogP contribution in [0.15, 0.2) is 58.3 Å². The molecule has 0 unspecified atom stereocenters. The molecule has 1 heterocycles. The average Bonchev–Trinajstić information content (AvgIpc) is 3.24. The maximum atomic E-state index is 11.1. The topological polar surface area (TPSA) is 53.8 Å². The number of carbonyl (C=O) groups is 1. The van der Waals surface area contributed by atoms with Crippen LogP contribution < -0.4 is 5.32 Å². The molecule has 1 fully saturated rings. The predicted octanol–water partition coefficient (Wildman–Crippen LogP) is 2.85. The van der Waals surface area contributed by atoms with Gasteiger partial charge in [-0.25, -0.2) is 0 Å². The third kappa shape index (κ3) is 2.41. The number of thioether (sulfide) groups is 1. The van der Waals surface area contributed by atoms with Gasteiger partial charge in [-0.05, 0) is 23.1 Å². The molecule has 2 bridgehead atoms. The van der Waals surface area contributed by atoms with Gasteiger partial charge in [-0.3, -0.25) is 4.79 Å². The Hall–Kier alpha value is -2.14. The molecule has 1 saturated heterocycles. The minimum Gasteiger partial charge on any atom is -0.303 e. The molecular formula is C17H15N3OS. The number of hydrogen-bond acceptors (Lipinski definition) is 4. The Morgan fingerprint density at radius 3 is 2.77 bits per heavy atom. The van der Waals surface area contributed by atoms with Crippen LogP contribution in [0.2, 0.25) is 0 Å². The summed E-state index contributed by atoms with van der Waals surface area (Å²) in [6.07, 6.45) is 7.54. The summed E-state index contributed by atoms with van der Waals surface area (Å²) in [5, 5.41) is 11.6. The van der Waals surface area contributed by atoms with Crippen LogP contribution in [0.1, 0.15) is 12.0 Å². The van der Waals surface area contributed by atoms with E-state index in [1.807, 2.05) is 12.3 Å². The molecule has 0 aromatic heterocycles. The lowest BCUT2D eigenvalue weighted by Crippen LogP contribution is -2.19. The standard InChI is InChI=1S/C17H15N3OS/c21-15-10-22-17(19-15)20-18-9-14-12-6-7-13(8-12)16(14)11-4-2-1-3-5-11/h1-7,9,12-13H,8,10H2,(H,19,20,21)/b18-9-/t12-,13-/m1/s1. The van der Waals surface area contributed by atoms with Crippen LogP contribution in [0, 0.1) is 11.8 Å². The summed E-state index contributed by atoms with van der Waals surface area (Å²) in [6.45, 7) is 0. The summed E-state index contributed by atoms with van der Waals surface area (Å²) in [5.41, 5.74) is 3.87. The van der Waals surface area contributed by atoms with E-state index >= 15 is 0 Å². The number of hydrogen-bond donors (Lipinski definition) is 1. The first kappa shape index (κ1) is 13.5. The van der Waals surface area contributed by atoms with E-state index in [9.17, 15) is 4.79 Å². The average molecular weight is 309 g/mol. The molecule has 3 aliphatic rings. The molecule has 4 rings (SSSR count). The lowest BCUT2D eigenvalue weighted by molar-refractivity contribution is -0.116. The zero-order valence-corrected chi connectivity index (χ0v) is 12.7. The van der Waals surface area contributed by atoms with Crippen molar-refractivity contribution in [2.45, 2.75) is 6.42 Å². The summed E-state index contributed by atoms with van der Waals surface area (Å²) in [4.78, 5) is 11.1. The zero-order valence-electron chi connectivity index (χ0n) is 11.9. The minimum atomic E-state index is -0.00834. The van der Waals surface area contributed by atoms with Gasteiger partial charge in [0.25, 0.3) is 0 Å². The van der Waals surface area contributed by atoms with E-state index in [4.69, 9.17) is 0 Å². The van der Waals surface area contributed by atoms with Gasteiger partial charge in [0.2, 0.25) is 5.91 Å². The van der Waals surface area contributed by atoms with E-state index in [1.54, 1.807) is 0 Å². The van der Waals surface area contributed by atoms with Crippen molar-refractivity contribution >= 4 is 34.6 Å². The molecule has 1 amide bonds.